The first-order valence-corrected chi connectivity index (χ1v) is 12.9. The van der Waals surface area contributed by atoms with Crippen LogP contribution in [0, 0.1) is 11.2 Å². The number of amidine groups is 1. The predicted molar refractivity (Wildman–Crippen MR) is 143 cm³/mol. The van der Waals surface area contributed by atoms with E-state index in [0.717, 1.165) is 68.3 Å². The van der Waals surface area contributed by atoms with Gasteiger partial charge in [-0.15, -0.1) is 0 Å². The van der Waals surface area contributed by atoms with E-state index in [4.69, 9.17) is 10.4 Å². The molecule has 0 radical (unpaired) electrons. The fraction of sp³-hybridized carbons (Fsp3) is 0.393. The van der Waals surface area contributed by atoms with Crippen LogP contribution in [0.15, 0.2) is 54.7 Å². The van der Waals surface area contributed by atoms with Gasteiger partial charge in [0.2, 0.25) is 0 Å². The Bertz CT molecular complexity index is 1230. The summed E-state index contributed by atoms with van der Waals surface area (Å²) >= 11 is 0. The third kappa shape index (κ3) is 5.04. The zero-order chi connectivity index (χ0) is 25.1. The Morgan fingerprint density at radius 1 is 1.19 bits per heavy atom. The van der Waals surface area contributed by atoms with Gasteiger partial charge < -0.3 is 14.8 Å². The van der Waals surface area contributed by atoms with E-state index >= 15 is 0 Å². The van der Waals surface area contributed by atoms with Crippen LogP contribution in [0.25, 0.3) is 17.5 Å². The van der Waals surface area contributed by atoms with Crippen molar-refractivity contribution in [3.63, 3.8) is 0 Å². The summed E-state index contributed by atoms with van der Waals surface area (Å²) in [5.74, 6) is 1.83. The van der Waals surface area contributed by atoms with Crippen molar-refractivity contribution in [1.82, 2.24) is 24.8 Å². The van der Waals surface area contributed by atoms with E-state index < -0.39 is 0 Å². The van der Waals surface area contributed by atoms with Crippen molar-refractivity contribution in [3.8, 4) is 11.4 Å². The zero-order valence-corrected chi connectivity index (χ0v) is 21.0. The van der Waals surface area contributed by atoms with Crippen molar-refractivity contribution in [3.05, 3.63) is 71.9 Å². The fourth-order valence-corrected chi connectivity index (χ4v) is 5.28. The van der Waals surface area contributed by atoms with E-state index in [1.807, 2.05) is 29.2 Å². The maximum atomic E-state index is 13.7. The molecular formula is C28H34FN7. The van der Waals surface area contributed by atoms with Crippen LogP contribution in [0.2, 0.25) is 0 Å². The molecule has 2 aliphatic heterocycles. The average molecular weight is 488 g/mol. The second-order valence-corrected chi connectivity index (χ2v) is 9.47. The molecule has 4 heterocycles. The SMILES string of the molecule is CCN(CC)C1CN(c2cccc(-c3cnc(/C=C\C(=N)N4CCC[C@@H]4c4cccc(F)c4)[nH]3)n2)C1. The molecule has 0 unspecified atom stereocenters. The number of hydrogen-bond acceptors (Lipinski definition) is 5. The van der Waals surface area contributed by atoms with Crippen molar-refractivity contribution in [2.24, 2.45) is 0 Å². The quantitative estimate of drug-likeness (QED) is 0.347. The van der Waals surface area contributed by atoms with Crippen LogP contribution in [0.3, 0.4) is 0 Å². The third-order valence-electron chi connectivity index (χ3n) is 7.32. The number of likely N-dealkylation sites (tertiary alicyclic amines) is 1. The number of aromatic nitrogens is 3. The molecule has 3 aromatic rings. The Hall–Kier alpha value is -3.52. The number of imidazole rings is 1. The van der Waals surface area contributed by atoms with Gasteiger partial charge in [0.1, 0.15) is 23.3 Å². The lowest BCUT2D eigenvalue weighted by atomic mass is 10.0. The monoisotopic (exact) mass is 487 g/mol. The second-order valence-electron chi connectivity index (χ2n) is 9.47. The number of pyridine rings is 1. The van der Waals surface area contributed by atoms with E-state index in [9.17, 15) is 4.39 Å². The number of anilines is 1. The first-order valence-electron chi connectivity index (χ1n) is 12.9. The molecule has 2 fully saturated rings. The van der Waals surface area contributed by atoms with E-state index in [2.05, 4.69) is 39.7 Å². The van der Waals surface area contributed by atoms with Crippen LogP contribution in [-0.2, 0) is 0 Å². The molecule has 2 aliphatic rings. The molecule has 0 saturated carbocycles. The van der Waals surface area contributed by atoms with Crippen molar-refractivity contribution >= 4 is 17.7 Å². The Morgan fingerprint density at radius 3 is 2.78 bits per heavy atom. The van der Waals surface area contributed by atoms with Crippen LogP contribution in [0.1, 0.15) is 44.1 Å². The number of hydrogen-bond donors (Lipinski definition) is 2. The minimum Gasteiger partial charge on any atom is -0.353 e. The molecule has 2 N–H and O–H groups in total. The van der Waals surface area contributed by atoms with E-state index in [0.29, 0.717) is 17.7 Å². The molecule has 1 aromatic carbocycles. The average Bonchev–Trinajstić information content (AvgIpc) is 3.55. The first kappa shape index (κ1) is 24.2. The van der Waals surface area contributed by atoms with Gasteiger partial charge >= 0.3 is 0 Å². The van der Waals surface area contributed by atoms with Crippen LogP contribution < -0.4 is 4.90 Å². The number of nitrogens with one attached hydrogen (secondary N) is 2. The van der Waals surface area contributed by atoms with Gasteiger partial charge in [-0.2, -0.15) is 0 Å². The maximum Gasteiger partial charge on any atom is 0.130 e. The highest BCUT2D eigenvalue weighted by atomic mass is 19.1. The van der Waals surface area contributed by atoms with Crippen molar-refractivity contribution < 1.29 is 4.39 Å². The van der Waals surface area contributed by atoms with E-state index in [1.165, 1.54) is 6.07 Å². The molecule has 5 rings (SSSR count). The van der Waals surface area contributed by atoms with Crippen LogP contribution >= 0.6 is 0 Å². The van der Waals surface area contributed by atoms with Crippen LogP contribution in [0.5, 0.6) is 0 Å². The molecule has 2 aromatic heterocycles. The summed E-state index contributed by atoms with van der Waals surface area (Å²) in [5, 5.41) is 8.60. The minimum atomic E-state index is -0.236. The number of nitrogens with zero attached hydrogens (tertiary/aromatic N) is 5. The zero-order valence-electron chi connectivity index (χ0n) is 21.0. The predicted octanol–water partition coefficient (Wildman–Crippen LogP) is 4.97. The van der Waals surface area contributed by atoms with Crippen molar-refractivity contribution in [2.45, 2.75) is 38.8 Å². The lowest BCUT2D eigenvalue weighted by Gasteiger charge is -2.45. The third-order valence-corrected chi connectivity index (χ3v) is 7.32. The van der Waals surface area contributed by atoms with Crippen LogP contribution in [-0.4, -0.2) is 69.4 Å². The Kier molecular flexibility index (Phi) is 7.13. The van der Waals surface area contributed by atoms with Gasteiger partial charge in [-0.25, -0.2) is 14.4 Å². The highest BCUT2D eigenvalue weighted by Gasteiger charge is 2.31. The second kappa shape index (κ2) is 10.6. The number of benzene rings is 1. The standard InChI is InChI=1S/C28H34FN7/c1-3-34(4-2)22-18-35(19-22)28-12-6-10-23(33-28)24-17-31-27(32-24)14-13-26(30)36-15-7-11-25(36)20-8-5-9-21(29)16-20/h5-6,8-10,12-14,16-17,22,25,30H,3-4,7,11,15,18-19H2,1-2H3,(H,31,32)/b14-13-,30-26?/t25-/m1/s1. The maximum absolute atomic E-state index is 13.7. The van der Waals surface area contributed by atoms with Gasteiger partial charge in [0.15, 0.2) is 0 Å². The lowest BCUT2D eigenvalue weighted by molar-refractivity contribution is 0.183. The molecule has 8 heteroatoms. The highest BCUT2D eigenvalue weighted by molar-refractivity contribution is 5.94. The Labute approximate surface area is 212 Å². The molecule has 0 amide bonds. The van der Waals surface area contributed by atoms with Gasteiger partial charge in [0.05, 0.1) is 23.6 Å². The number of H-pyrrole nitrogens is 1. The molecular weight excluding hydrogens is 453 g/mol. The molecule has 188 valence electrons. The van der Waals surface area contributed by atoms with E-state index in [1.54, 1.807) is 24.4 Å². The normalized spacial score (nSPS) is 18.4. The molecule has 0 bridgehead atoms. The molecule has 36 heavy (non-hydrogen) atoms. The number of rotatable bonds is 8. The lowest BCUT2D eigenvalue weighted by Crippen LogP contribution is -2.59. The summed E-state index contributed by atoms with van der Waals surface area (Å²) in [7, 11) is 0. The van der Waals surface area contributed by atoms with Gasteiger partial charge in [-0.1, -0.05) is 32.0 Å². The molecule has 0 spiro atoms. The van der Waals surface area contributed by atoms with Gasteiger partial charge in [0.25, 0.3) is 0 Å². The minimum absolute atomic E-state index is 0.0276. The topological polar surface area (TPSA) is 75.1 Å². The van der Waals surface area contributed by atoms with Crippen LogP contribution in [0.4, 0.5) is 10.2 Å². The van der Waals surface area contributed by atoms with Gasteiger partial charge in [0, 0.05) is 25.7 Å². The highest BCUT2D eigenvalue weighted by Crippen LogP contribution is 2.32. The molecule has 7 nitrogen and oxygen atoms in total. The summed E-state index contributed by atoms with van der Waals surface area (Å²) in [6.07, 6.45) is 7.27. The fourth-order valence-electron chi connectivity index (χ4n) is 5.28. The largest absolute Gasteiger partial charge is 0.353 e. The first-order chi connectivity index (χ1) is 17.6. The number of aromatic amines is 1. The smallest absolute Gasteiger partial charge is 0.130 e. The van der Waals surface area contributed by atoms with E-state index in [-0.39, 0.29) is 11.9 Å². The van der Waals surface area contributed by atoms with Gasteiger partial charge in [-0.05, 0) is 67.9 Å². The summed E-state index contributed by atoms with van der Waals surface area (Å²) in [5.41, 5.74) is 2.62. The summed E-state index contributed by atoms with van der Waals surface area (Å²) in [4.78, 5) is 19.5. The Morgan fingerprint density at radius 2 is 2.00 bits per heavy atom. The van der Waals surface area contributed by atoms with Crippen molar-refractivity contribution in [1.29, 1.82) is 5.41 Å². The number of halogens is 1. The summed E-state index contributed by atoms with van der Waals surface area (Å²) < 4.78 is 13.7. The molecule has 0 aliphatic carbocycles. The summed E-state index contributed by atoms with van der Waals surface area (Å²) in [6, 6.07) is 13.4. The summed E-state index contributed by atoms with van der Waals surface area (Å²) in [6.45, 7) is 9.38. The van der Waals surface area contributed by atoms with Crippen molar-refractivity contribution in [2.75, 3.05) is 37.6 Å². The molecule has 2 saturated heterocycles. The number of likely N-dealkylation sites (N-methyl/N-ethyl adjacent to an activating group) is 1. The Balaban J connectivity index is 1.23. The van der Waals surface area contributed by atoms with Gasteiger partial charge in [-0.3, -0.25) is 10.3 Å². The molecule has 1 atom stereocenters.